The SMILES string of the molecule is C=CCn1c(SCc2nc(C(C)(C)C)no2)nc2ccccc2c1=O. The third-order valence-electron chi connectivity index (χ3n) is 3.60. The normalized spacial score (nSPS) is 11.8. The average Bonchev–Trinajstić information content (AvgIpc) is 3.05. The number of para-hydroxylation sites is 1. The predicted octanol–water partition coefficient (Wildman–Crippen LogP) is 3.56. The Hall–Kier alpha value is -2.41. The lowest BCUT2D eigenvalue weighted by Gasteiger charge is -2.11. The maximum Gasteiger partial charge on any atom is 0.262 e. The summed E-state index contributed by atoms with van der Waals surface area (Å²) in [5.41, 5.74) is 0.434. The summed E-state index contributed by atoms with van der Waals surface area (Å²) in [4.78, 5) is 21.7. The molecule has 0 saturated heterocycles. The molecule has 2 aromatic heterocycles. The lowest BCUT2D eigenvalue weighted by molar-refractivity contribution is 0.372. The monoisotopic (exact) mass is 356 g/mol. The third-order valence-corrected chi connectivity index (χ3v) is 4.56. The Kier molecular flexibility index (Phi) is 4.76. The van der Waals surface area contributed by atoms with Crippen molar-refractivity contribution in [3.63, 3.8) is 0 Å². The molecule has 0 fully saturated rings. The number of aromatic nitrogens is 4. The number of hydrogen-bond donors (Lipinski definition) is 0. The minimum absolute atomic E-state index is 0.0751. The van der Waals surface area contributed by atoms with Crippen LogP contribution in [0.25, 0.3) is 10.9 Å². The van der Waals surface area contributed by atoms with Gasteiger partial charge in [0.05, 0.1) is 16.7 Å². The molecule has 0 N–H and O–H groups in total. The van der Waals surface area contributed by atoms with Crippen LogP contribution in [0.1, 0.15) is 32.5 Å². The fourth-order valence-corrected chi connectivity index (χ4v) is 3.14. The van der Waals surface area contributed by atoms with E-state index in [2.05, 4.69) is 21.7 Å². The van der Waals surface area contributed by atoms with Crippen molar-refractivity contribution >= 4 is 22.7 Å². The molecule has 0 aliphatic carbocycles. The molecular formula is C18H20N4O2S. The zero-order valence-corrected chi connectivity index (χ0v) is 15.3. The van der Waals surface area contributed by atoms with Gasteiger partial charge in [-0.1, -0.05) is 55.9 Å². The Labute approximate surface area is 150 Å². The molecule has 0 spiro atoms. The third kappa shape index (κ3) is 3.66. The number of nitrogens with zero attached hydrogens (tertiary/aromatic N) is 4. The fourth-order valence-electron chi connectivity index (χ4n) is 2.29. The summed E-state index contributed by atoms with van der Waals surface area (Å²) in [6.07, 6.45) is 1.69. The van der Waals surface area contributed by atoms with Crippen LogP contribution in [0.2, 0.25) is 0 Å². The van der Waals surface area contributed by atoms with Crippen molar-refractivity contribution in [1.29, 1.82) is 0 Å². The summed E-state index contributed by atoms with van der Waals surface area (Å²) in [6.45, 7) is 10.2. The van der Waals surface area contributed by atoms with Gasteiger partial charge in [0.1, 0.15) is 0 Å². The van der Waals surface area contributed by atoms with Crippen molar-refractivity contribution in [3.8, 4) is 0 Å². The van der Waals surface area contributed by atoms with Gasteiger partial charge in [-0.2, -0.15) is 4.98 Å². The second-order valence-corrected chi connectivity index (χ2v) is 7.61. The number of benzene rings is 1. The van der Waals surface area contributed by atoms with E-state index >= 15 is 0 Å². The summed E-state index contributed by atoms with van der Waals surface area (Å²) in [7, 11) is 0. The van der Waals surface area contributed by atoms with E-state index in [1.165, 1.54) is 11.8 Å². The average molecular weight is 356 g/mol. The van der Waals surface area contributed by atoms with Crippen LogP contribution in [-0.4, -0.2) is 19.7 Å². The highest BCUT2D eigenvalue weighted by Gasteiger charge is 2.21. The molecule has 7 heteroatoms. The first kappa shape index (κ1) is 17.4. The van der Waals surface area contributed by atoms with Gasteiger partial charge >= 0.3 is 0 Å². The second-order valence-electron chi connectivity index (χ2n) is 6.67. The quantitative estimate of drug-likeness (QED) is 0.395. The first-order valence-electron chi connectivity index (χ1n) is 7.96. The van der Waals surface area contributed by atoms with Gasteiger partial charge in [-0.05, 0) is 12.1 Å². The largest absolute Gasteiger partial charge is 0.338 e. The molecular weight excluding hydrogens is 336 g/mol. The Morgan fingerprint density at radius 3 is 2.72 bits per heavy atom. The molecule has 2 heterocycles. The van der Waals surface area contributed by atoms with Crippen molar-refractivity contribution in [1.82, 2.24) is 19.7 Å². The van der Waals surface area contributed by atoms with E-state index < -0.39 is 0 Å². The fraction of sp³-hybridized carbons (Fsp3) is 0.333. The van der Waals surface area contributed by atoms with Crippen molar-refractivity contribution in [2.24, 2.45) is 0 Å². The van der Waals surface area contributed by atoms with E-state index in [0.717, 1.165) is 0 Å². The van der Waals surface area contributed by atoms with Gasteiger partial charge in [0.25, 0.3) is 5.56 Å². The zero-order valence-electron chi connectivity index (χ0n) is 14.5. The smallest absolute Gasteiger partial charge is 0.262 e. The molecule has 0 saturated carbocycles. The van der Waals surface area contributed by atoms with Crippen molar-refractivity contribution in [2.45, 2.75) is 43.6 Å². The van der Waals surface area contributed by atoms with E-state index in [-0.39, 0.29) is 11.0 Å². The number of hydrogen-bond acceptors (Lipinski definition) is 6. The standard InChI is InChI=1S/C18H20N4O2S/c1-5-10-22-15(23)12-8-6-7-9-13(12)19-17(22)25-11-14-20-16(21-24-14)18(2,3)4/h5-9H,1,10-11H2,2-4H3. The molecule has 0 atom stereocenters. The zero-order chi connectivity index (χ0) is 18.0. The maximum absolute atomic E-state index is 12.7. The Morgan fingerprint density at radius 2 is 2.04 bits per heavy atom. The molecule has 0 aliphatic rings. The molecule has 0 amide bonds. The van der Waals surface area contributed by atoms with E-state index in [0.29, 0.717) is 40.1 Å². The topological polar surface area (TPSA) is 73.8 Å². The molecule has 0 bridgehead atoms. The van der Waals surface area contributed by atoms with Gasteiger partial charge in [0.2, 0.25) is 5.89 Å². The van der Waals surface area contributed by atoms with Crippen LogP contribution < -0.4 is 5.56 Å². The van der Waals surface area contributed by atoms with E-state index in [9.17, 15) is 4.79 Å². The highest BCUT2D eigenvalue weighted by atomic mass is 32.2. The van der Waals surface area contributed by atoms with Gasteiger partial charge in [0, 0.05) is 12.0 Å². The van der Waals surface area contributed by atoms with Gasteiger partial charge in [-0.25, -0.2) is 4.98 Å². The van der Waals surface area contributed by atoms with Gasteiger partial charge in [-0.3, -0.25) is 9.36 Å². The number of rotatable bonds is 5. The Bertz CT molecular complexity index is 969. The molecule has 3 aromatic rings. The van der Waals surface area contributed by atoms with Gasteiger partial charge in [-0.15, -0.1) is 6.58 Å². The lowest BCUT2D eigenvalue weighted by atomic mass is 9.96. The van der Waals surface area contributed by atoms with E-state index in [1.54, 1.807) is 16.7 Å². The molecule has 25 heavy (non-hydrogen) atoms. The summed E-state index contributed by atoms with van der Waals surface area (Å²) >= 11 is 1.40. The van der Waals surface area contributed by atoms with E-state index in [4.69, 9.17) is 4.52 Å². The minimum Gasteiger partial charge on any atom is -0.338 e. The summed E-state index contributed by atoms with van der Waals surface area (Å²) < 4.78 is 6.93. The second kappa shape index (κ2) is 6.84. The maximum atomic E-state index is 12.7. The first-order valence-corrected chi connectivity index (χ1v) is 8.95. The summed E-state index contributed by atoms with van der Waals surface area (Å²) in [6, 6.07) is 7.33. The number of thioether (sulfide) groups is 1. The summed E-state index contributed by atoms with van der Waals surface area (Å²) in [5.74, 6) is 1.63. The number of fused-ring (bicyclic) bond motifs is 1. The van der Waals surface area contributed by atoms with Crippen molar-refractivity contribution in [2.75, 3.05) is 0 Å². The molecule has 0 radical (unpaired) electrons. The molecule has 0 aliphatic heterocycles. The number of allylic oxidation sites excluding steroid dienone is 1. The van der Waals surface area contributed by atoms with Crippen LogP contribution in [0.3, 0.4) is 0 Å². The Morgan fingerprint density at radius 1 is 1.28 bits per heavy atom. The van der Waals surface area contributed by atoms with Crippen LogP contribution in [0.5, 0.6) is 0 Å². The van der Waals surface area contributed by atoms with Crippen LogP contribution >= 0.6 is 11.8 Å². The van der Waals surface area contributed by atoms with Gasteiger partial charge < -0.3 is 4.52 Å². The van der Waals surface area contributed by atoms with Crippen molar-refractivity contribution in [3.05, 3.63) is 59.0 Å². The van der Waals surface area contributed by atoms with E-state index in [1.807, 2.05) is 39.0 Å². The Balaban J connectivity index is 1.92. The van der Waals surface area contributed by atoms with Crippen LogP contribution in [0.15, 0.2) is 51.4 Å². The van der Waals surface area contributed by atoms with Crippen molar-refractivity contribution < 1.29 is 4.52 Å². The van der Waals surface area contributed by atoms with Gasteiger partial charge in [0.15, 0.2) is 11.0 Å². The van der Waals surface area contributed by atoms with Crippen LogP contribution in [-0.2, 0) is 17.7 Å². The highest BCUT2D eigenvalue weighted by molar-refractivity contribution is 7.98. The molecule has 130 valence electrons. The predicted molar refractivity (Wildman–Crippen MR) is 98.8 cm³/mol. The summed E-state index contributed by atoms with van der Waals surface area (Å²) in [5, 5.41) is 5.23. The molecule has 6 nitrogen and oxygen atoms in total. The van der Waals surface area contributed by atoms with Crippen LogP contribution in [0.4, 0.5) is 0 Å². The molecule has 3 rings (SSSR count). The first-order chi connectivity index (χ1) is 11.9. The minimum atomic E-state index is -0.168. The molecule has 0 unspecified atom stereocenters. The lowest BCUT2D eigenvalue weighted by Crippen LogP contribution is -2.22. The van der Waals surface area contributed by atoms with Crippen LogP contribution in [0, 0.1) is 0 Å². The highest BCUT2D eigenvalue weighted by Crippen LogP contribution is 2.24. The molecule has 1 aromatic carbocycles.